The number of hydrogen-bond acceptors (Lipinski definition) is 6. The molecule has 1 saturated heterocycles. The Balaban J connectivity index is 0.000000243. The topological polar surface area (TPSA) is 80.0 Å². The normalized spacial score (nSPS) is 15.1. The second-order valence-corrected chi connectivity index (χ2v) is 8.76. The van der Waals surface area contributed by atoms with Gasteiger partial charge in [0.1, 0.15) is 11.2 Å². The van der Waals surface area contributed by atoms with Gasteiger partial charge >= 0.3 is 0 Å². The molecule has 184 valence electrons. The Kier molecular flexibility index (Phi) is 8.73. The van der Waals surface area contributed by atoms with Gasteiger partial charge in [0.15, 0.2) is 11.6 Å². The molecule has 0 radical (unpaired) electrons. The van der Waals surface area contributed by atoms with Crippen molar-refractivity contribution in [3.8, 4) is 11.5 Å². The fraction of sp³-hybridized carbons (Fsp3) is 0.407. The number of unbranched alkanes of at least 4 members (excludes halogenated alkanes) is 2. The molecular weight excluding hydrogens is 441 g/mol. The molecule has 1 unspecified atom stereocenters. The minimum Gasteiger partial charge on any atom is -0.336 e. The lowest BCUT2D eigenvalue weighted by atomic mass is 10.1. The second-order valence-electron chi connectivity index (χ2n) is 8.76. The first-order chi connectivity index (χ1) is 17.2. The molecule has 5 heterocycles. The summed E-state index contributed by atoms with van der Waals surface area (Å²) in [6.07, 6.45) is 15.5. The summed E-state index contributed by atoms with van der Waals surface area (Å²) in [5.41, 5.74) is 2.85. The quantitative estimate of drug-likeness (QED) is 0.307. The van der Waals surface area contributed by atoms with E-state index in [4.69, 9.17) is 0 Å². The highest BCUT2D eigenvalue weighted by Crippen LogP contribution is 2.27. The average molecular weight is 476 g/mol. The van der Waals surface area contributed by atoms with Crippen molar-refractivity contribution in [2.75, 3.05) is 11.9 Å². The minimum atomic E-state index is -0.441. The van der Waals surface area contributed by atoms with Gasteiger partial charge in [-0.25, -0.2) is 13.9 Å². The van der Waals surface area contributed by atoms with E-state index >= 15 is 0 Å². The Morgan fingerprint density at radius 1 is 1.14 bits per heavy atom. The summed E-state index contributed by atoms with van der Waals surface area (Å²) in [7, 11) is 0. The van der Waals surface area contributed by atoms with Crippen molar-refractivity contribution in [2.45, 2.75) is 64.8 Å². The van der Waals surface area contributed by atoms with Crippen LogP contribution >= 0.6 is 0 Å². The number of halogens is 1. The molecule has 0 spiro atoms. The first-order valence-electron chi connectivity index (χ1n) is 12.6. The summed E-state index contributed by atoms with van der Waals surface area (Å²) in [5.74, 6) is 0.550. The van der Waals surface area contributed by atoms with Crippen molar-refractivity contribution in [2.24, 2.45) is 0 Å². The van der Waals surface area contributed by atoms with E-state index in [9.17, 15) is 4.39 Å². The molecule has 0 aromatic carbocycles. The summed E-state index contributed by atoms with van der Waals surface area (Å²) in [6, 6.07) is 9.97. The van der Waals surface area contributed by atoms with Crippen LogP contribution in [0.25, 0.3) is 17.0 Å². The Labute approximate surface area is 206 Å². The summed E-state index contributed by atoms with van der Waals surface area (Å²) in [6.45, 7) is 5.58. The van der Waals surface area contributed by atoms with Crippen LogP contribution in [0.1, 0.15) is 57.9 Å². The van der Waals surface area contributed by atoms with Gasteiger partial charge in [-0.15, -0.1) is 5.10 Å². The van der Waals surface area contributed by atoms with Gasteiger partial charge in [0.05, 0.1) is 11.9 Å². The monoisotopic (exact) mass is 475 g/mol. The van der Waals surface area contributed by atoms with E-state index in [0.29, 0.717) is 23.0 Å². The van der Waals surface area contributed by atoms with Gasteiger partial charge in [-0.3, -0.25) is 9.97 Å². The fourth-order valence-electron chi connectivity index (χ4n) is 4.31. The van der Waals surface area contributed by atoms with E-state index in [-0.39, 0.29) is 0 Å². The third kappa shape index (κ3) is 6.39. The highest BCUT2D eigenvalue weighted by Gasteiger charge is 2.15. The molecular formula is C27H34FN7. The number of nitrogens with zero attached hydrogens (tertiary/aromatic N) is 5. The highest BCUT2D eigenvalue weighted by atomic mass is 19.1. The fourth-order valence-corrected chi connectivity index (χ4v) is 4.31. The van der Waals surface area contributed by atoms with Gasteiger partial charge in [0.2, 0.25) is 5.82 Å². The lowest BCUT2D eigenvalue weighted by Gasteiger charge is -2.11. The van der Waals surface area contributed by atoms with Crippen molar-refractivity contribution in [1.29, 1.82) is 0 Å². The van der Waals surface area contributed by atoms with Crippen LogP contribution < -0.4 is 10.6 Å². The summed E-state index contributed by atoms with van der Waals surface area (Å²) in [5, 5.41) is 11.1. The smallest absolute Gasteiger partial charge is 0.200 e. The van der Waals surface area contributed by atoms with Crippen molar-refractivity contribution < 1.29 is 4.39 Å². The second kappa shape index (κ2) is 12.4. The Morgan fingerprint density at radius 3 is 2.77 bits per heavy atom. The minimum absolute atomic E-state index is 0.311. The molecule has 0 aliphatic carbocycles. The van der Waals surface area contributed by atoms with E-state index in [1.54, 1.807) is 16.8 Å². The van der Waals surface area contributed by atoms with Crippen LogP contribution in [0.15, 0.2) is 55.1 Å². The van der Waals surface area contributed by atoms with Gasteiger partial charge in [-0.1, -0.05) is 39.2 Å². The number of anilines is 2. The van der Waals surface area contributed by atoms with E-state index in [1.807, 2.05) is 30.5 Å². The highest BCUT2D eigenvalue weighted by molar-refractivity contribution is 5.78. The average Bonchev–Trinajstić information content (AvgIpc) is 3.56. The zero-order valence-electron chi connectivity index (χ0n) is 20.5. The maximum absolute atomic E-state index is 14.0. The summed E-state index contributed by atoms with van der Waals surface area (Å²) < 4.78 is 15.8. The maximum Gasteiger partial charge on any atom is 0.200 e. The van der Waals surface area contributed by atoms with Gasteiger partial charge in [-0.05, 0) is 62.1 Å². The molecule has 0 amide bonds. The SMILES string of the molecule is CCCCCC1CCCN1.CCc1ccn2nc(-c3ccccn3)nc(Nc3ccncc3F)c12. The molecule has 1 fully saturated rings. The van der Waals surface area contributed by atoms with Crippen LogP contribution in [0.5, 0.6) is 0 Å². The first-order valence-corrected chi connectivity index (χ1v) is 12.6. The van der Waals surface area contributed by atoms with Crippen molar-refractivity contribution in [3.63, 3.8) is 0 Å². The Bertz CT molecular complexity index is 1200. The van der Waals surface area contributed by atoms with Gasteiger partial charge < -0.3 is 10.6 Å². The van der Waals surface area contributed by atoms with Gasteiger partial charge in [-0.2, -0.15) is 0 Å². The molecule has 0 saturated carbocycles. The maximum atomic E-state index is 14.0. The zero-order chi connectivity index (χ0) is 24.5. The zero-order valence-corrected chi connectivity index (χ0v) is 20.5. The molecule has 1 aliphatic heterocycles. The van der Waals surface area contributed by atoms with E-state index in [1.165, 1.54) is 57.5 Å². The van der Waals surface area contributed by atoms with Crippen molar-refractivity contribution >= 4 is 17.0 Å². The standard InChI is InChI=1S/C18H15FN6.C9H19N/c1-2-12-7-10-25-16(12)18(22-14-6-9-20-11-13(14)19)23-17(24-25)15-5-3-4-8-21-15;1-2-3-4-6-9-7-5-8-10-9/h3-11H,2H2,1H3,(H,20,22,23,24);9-10H,2-8H2,1H3. The third-order valence-corrected chi connectivity index (χ3v) is 6.21. The number of fused-ring (bicyclic) bond motifs is 1. The molecule has 0 bridgehead atoms. The predicted molar refractivity (Wildman–Crippen MR) is 138 cm³/mol. The summed E-state index contributed by atoms with van der Waals surface area (Å²) in [4.78, 5) is 12.7. The predicted octanol–water partition coefficient (Wildman–Crippen LogP) is 5.95. The van der Waals surface area contributed by atoms with Crippen LogP contribution in [0.4, 0.5) is 15.9 Å². The molecule has 1 atom stereocenters. The number of pyridine rings is 2. The van der Waals surface area contributed by atoms with E-state index < -0.39 is 5.82 Å². The molecule has 2 N–H and O–H groups in total. The number of rotatable bonds is 8. The van der Waals surface area contributed by atoms with Gasteiger partial charge in [0.25, 0.3) is 0 Å². The largest absolute Gasteiger partial charge is 0.336 e. The van der Waals surface area contributed by atoms with Crippen molar-refractivity contribution in [1.82, 2.24) is 29.9 Å². The third-order valence-electron chi connectivity index (χ3n) is 6.21. The van der Waals surface area contributed by atoms with Crippen LogP contribution in [0, 0.1) is 5.82 Å². The van der Waals surface area contributed by atoms with Gasteiger partial charge in [0, 0.05) is 24.6 Å². The molecule has 4 aromatic rings. The lowest BCUT2D eigenvalue weighted by molar-refractivity contribution is 0.520. The molecule has 1 aliphatic rings. The first kappa shape index (κ1) is 24.7. The molecule has 5 rings (SSSR count). The van der Waals surface area contributed by atoms with E-state index in [2.05, 4.69) is 44.5 Å². The van der Waals surface area contributed by atoms with Crippen LogP contribution in [-0.4, -0.2) is 37.2 Å². The van der Waals surface area contributed by atoms with Crippen LogP contribution in [0.2, 0.25) is 0 Å². The Hall–Kier alpha value is -3.39. The number of nitrogens with one attached hydrogen (secondary N) is 2. The summed E-state index contributed by atoms with van der Waals surface area (Å²) >= 11 is 0. The number of aryl methyl sites for hydroxylation is 1. The van der Waals surface area contributed by atoms with E-state index in [0.717, 1.165) is 23.5 Å². The number of hydrogen-bond donors (Lipinski definition) is 2. The molecule has 35 heavy (non-hydrogen) atoms. The van der Waals surface area contributed by atoms with Crippen LogP contribution in [0.3, 0.4) is 0 Å². The van der Waals surface area contributed by atoms with Crippen LogP contribution in [-0.2, 0) is 6.42 Å². The molecule has 7 nitrogen and oxygen atoms in total. The Morgan fingerprint density at radius 2 is 2.06 bits per heavy atom. The molecule has 8 heteroatoms. The molecule has 4 aromatic heterocycles. The lowest BCUT2D eigenvalue weighted by Crippen LogP contribution is -2.20. The van der Waals surface area contributed by atoms with Crippen molar-refractivity contribution in [3.05, 3.63) is 66.5 Å². The number of aromatic nitrogens is 5.